The summed E-state index contributed by atoms with van der Waals surface area (Å²) in [5, 5.41) is 1.85. The van der Waals surface area contributed by atoms with Crippen molar-refractivity contribution in [1.82, 2.24) is 0 Å². The SMILES string of the molecule is Clc1cc(Br)ccc1CC1(CBr)CCOC1C1CC1. The van der Waals surface area contributed by atoms with Crippen molar-refractivity contribution in [3.8, 4) is 0 Å². The van der Waals surface area contributed by atoms with E-state index < -0.39 is 0 Å². The normalized spacial score (nSPS) is 30.8. The van der Waals surface area contributed by atoms with E-state index in [9.17, 15) is 0 Å². The third-order valence-corrected chi connectivity index (χ3v) is 6.34. The molecular formula is C15H17Br2ClO. The van der Waals surface area contributed by atoms with E-state index in [0.29, 0.717) is 6.10 Å². The van der Waals surface area contributed by atoms with E-state index in [4.69, 9.17) is 16.3 Å². The first-order chi connectivity index (χ1) is 9.14. The molecule has 3 rings (SSSR count). The van der Waals surface area contributed by atoms with Crippen LogP contribution in [0.15, 0.2) is 22.7 Å². The fourth-order valence-corrected chi connectivity index (χ4v) is 4.70. The minimum atomic E-state index is 0.221. The highest BCUT2D eigenvalue weighted by Crippen LogP contribution is 2.50. The molecule has 1 nitrogen and oxygen atoms in total. The van der Waals surface area contributed by atoms with Crippen molar-refractivity contribution in [3.05, 3.63) is 33.3 Å². The Bertz CT molecular complexity index is 475. The van der Waals surface area contributed by atoms with Gasteiger partial charge in [-0.3, -0.25) is 0 Å². The number of hydrogen-bond donors (Lipinski definition) is 0. The van der Waals surface area contributed by atoms with Crippen molar-refractivity contribution >= 4 is 43.5 Å². The highest BCUT2D eigenvalue weighted by atomic mass is 79.9. The average molecular weight is 409 g/mol. The van der Waals surface area contributed by atoms with Crippen LogP contribution < -0.4 is 0 Å². The molecule has 1 heterocycles. The molecule has 0 amide bonds. The lowest BCUT2D eigenvalue weighted by Crippen LogP contribution is -2.36. The van der Waals surface area contributed by atoms with Gasteiger partial charge in [-0.2, -0.15) is 0 Å². The molecule has 0 spiro atoms. The molecule has 2 fully saturated rings. The quantitative estimate of drug-likeness (QED) is 0.620. The maximum atomic E-state index is 6.38. The first kappa shape index (κ1) is 14.4. The molecule has 2 unspecified atom stereocenters. The molecule has 19 heavy (non-hydrogen) atoms. The van der Waals surface area contributed by atoms with Gasteiger partial charge in [-0.15, -0.1) is 0 Å². The number of benzene rings is 1. The van der Waals surface area contributed by atoms with Gasteiger partial charge in [0.2, 0.25) is 0 Å². The van der Waals surface area contributed by atoms with Gasteiger partial charge in [0.15, 0.2) is 0 Å². The number of halogens is 3. The van der Waals surface area contributed by atoms with Crippen molar-refractivity contribution in [2.75, 3.05) is 11.9 Å². The summed E-state index contributed by atoms with van der Waals surface area (Å²) in [4.78, 5) is 0. The van der Waals surface area contributed by atoms with Crippen LogP contribution >= 0.6 is 43.5 Å². The summed E-state index contributed by atoms with van der Waals surface area (Å²) < 4.78 is 7.07. The van der Waals surface area contributed by atoms with E-state index in [1.165, 1.54) is 18.4 Å². The van der Waals surface area contributed by atoms with Crippen molar-refractivity contribution in [3.63, 3.8) is 0 Å². The Kier molecular flexibility index (Phi) is 4.29. The molecule has 2 atom stereocenters. The minimum Gasteiger partial charge on any atom is -0.377 e. The van der Waals surface area contributed by atoms with Crippen LogP contribution in [0, 0.1) is 11.3 Å². The van der Waals surface area contributed by atoms with Gasteiger partial charge in [0.05, 0.1) is 6.10 Å². The molecule has 0 aromatic heterocycles. The second kappa shape index (κ2) is 5.67. The van der Waals surface area contributed by atoms with E-state index in [2.05, 4.69) is 44.0 Å². The first-order valence-corrected chi connectivity index (χ1v) is 9.05. The van der Waals surface area contributed by atoms with E-state index in [0.717, 1.165) is 40.2 Å². The van der Waals surface area contributed by atoms with Crippen LogP contribution in [-0.2, 0) is 11.2 Å². The summed E-state index contributed by atoms with van der Waals surface area (Å²) in [6, 6.07) is 6.20. The van der Waals surface area contributed by atoms with E-state index in [1.54, 1.807) is 0 Å². The number of alkyl halides is 1. The molecule has 104 valence electrons. The molecule has 1 aromatic carbocycles. The Balaban J connectivity index is 1.85. The molecule has 0 N–H and O–H groups in total. The molecule has 1 saturated carbocycles. The standard InChI is InChI=1S/C15H17Br2ClO/c16-9-15(5-6-19-14(15)10-1-2-10)8-11-3-4-12(17)7-13(11)18/h3-4,7,10,14H,1-2,5-6,8-9H2. The first-order valence-electron chi connectivity index (χ1n) is 6.76. The molecule has 1 aromatic rings. The monoisotopic (exact) mass is 406 g/mol. The van der Waals surface area contributed by atoms with Gasteiger partial charge in [0.25, 0.3) is 0 Å². The van der Waals surface area contributed by atoms with Gasteiger partial charge in [-0.25, -0.2) is 0 Å². The molecule has 1 saturated heterocycles. The van der Waals surface area contributed by atoms with Crippen molar-refractivity contribution in [2.45, 2.75) is 31.8 Å². The van der Waals surface area contributed by atoms with Crippen molar-refractivity contribution in [1.29, 1.82) is 0 Å². The Morgan fingerprint density at radius 1 is 1.37 bits per heavy atom. The summed E-state index contributed by atoms with van der Waals surface area (Å²) in [5.74, 6) is 0.772. The van der Waals surface area contributed by atoms with Gasteiger partial charge in [0, 0.05) is 26.8 Å². The smallest absolute Gasteiger partial charge is 0.0671 e. The van der Waals surface area contributed by atoms with E-state index in [1.807, 2.05) is 6.07 Å². The zero-order valence-electron chi connectivity index (χ0n) is 10.7. The van der Waals surface area contributed by atoms with Gasteiger partial charge < -0.3 is 4.74 Å². The third-order valence-electron chi connectivity index (χ3n) is 4.37. The Labute approximate surface area is 136 Å². The Hall–Kier alpha value is 0.430. The lowest BCUT2D eigenvalue weighted by molar-refractivity contribution is 0.0413. The number of rotatable bonds is 4. The summed E-state index contributed by atoms with van der Waals surface area (Å²) in [7, 11) is 0. The van der Waals surface area contributed by atoms with Crippen LogP contribution in [0.1, 0.15) is 24.8 Å². The Morgan fingerprint density at radius 2 is 2.16 bits per heavy atom. The third kappa shape index (κ3) is 2.90. The second-order valence-corrected chi connectivity index (χ2v) is 7.67. The highest BCUT2D eigenvalue weighted by molar-refractivity contribution is 9.10. The summed E-state index contributed by atoms with van der Waals surface area (Å²) >= 11 is 13.6. The molecular weight excluding hydrogens is 391 g/mol. The molecule has 1 aliphatic carbocycles. The van der Waals surface area contributed by atoms with E-state index in [-0.39, 0.29) is 5.41 Å². The van der Waals surface area contributed by atoms with Gasteiger partial charge in [0.1, 0.15) is 0 Å². The zero-order valence-corrected chi connectivity index (χ0v) is 14.6. The predicted octanol–water partition coefficient (Wildman–Crippen LogP) is 5.23. The number of ether oxygens (including phenoxy) is 1. The summed E-state index contributed by atoms with van der Waals surface area (Å²) in [6.07, 6.45) is 5.20. The molecule has 0 bridgehead atoms. The molecule has 2 aliphatic rings. The molecule has 0 radical (unpaired) electrons. The highest BCUT2D eigenvalue weighted by Gasteiger charge is 2.50. The van der Waals surface area contributed by atoms with Crippen molar-refractivity contribution < 1.29 is 4.74 Å². The van der Waals surface area contributed by atoms with Crippen LogP contribution in [-0.4, -0.2) is 18.0 Å². The summed E-state index contributed by atoms with van der Waals surface area (Å²) in [6.45, 7) is 0.890. The zero-order chi connectivity index (χ0) is 13.5. The fraction of sp³-hybridized carbons (Fsp3) is 0.600. The molecule has 4 heteroatoms. The van der Waals surface area contributed by atoms with Crippen LogP contribution in [0.4, 0.5) is 0 Å². The second-order valence-electron chi connectivity index (χ2n) is 5.79. The molecule has 1 aliphatic heterocycles. The van der Waals surface area contributed by atoms with Crippen molar-refractivity contribution in [2.24, 2.45) is 11.3 Å². The average Bonchev–Trinajstić information content (AvgIpc) is 3.15. The lowest BCUT2D eigenvalue weighted by atomic mass is 9.76. The van der Waals surface area contributed by atoms with Gasteiger partial charge in [-0.1, -0.05) is 49.5 Å². The van der Waals surface area contributed by atoms with Gasteiger partial charge >= 0.3 is 0 Å². The predicted molar refractivity (Wildman–Crippen MR) is 86.2 cm³/mol. The summed E-state index contributed by atoms with van der Waals surface area (Å²) in [5.41, 5.74) is 1.46. The Morgan fingerprint density at radius 3 is 2.79 bits per heavy atom. The fourth-order valence-electron chi connectivity index (χ4n) is 3.17. The lowest BCUT2D eigenvalue weighted by Gasteiger charge is -2.33. The van der Waals surface area contributed by atoms with Crippen LogP contribution in [0.25, 0.3) is 0 Å². The largest absolute Gasteiger partial charge is 0.377 e. The van der Waals surface area contributed by atoms with Crippen LogP contribution in [0.2, 0.25) is 5.02 Å². The van der Waals surface area contributed by atoms with Gasteiger partial charge in [-0.05, 0) is 49.3 Å². The van der Waals surface area contributed by atoms with Crippen LogP contribution in [0.5, 0.6) is 0 Å². The maximum absolute atomic E-state index is 6.38. The van der Waals surface area contributed by atoms with E-state index >= 15 is 0 Å². The maximum Gasteiger partial charge on any atom is 0.0671 e. The minimum absolute atomic E-state index is 0.221. The topological polar surface area (TPSA) is 9.23 Å². The number of hydrogen-bond acceptors (Lipinski definition) is 1. The van der Waals surface area contributed by atoms with Crippen LogP contribution in [0.3, 0.4) is 0 Å².